The van der Waals surface area contributed by atoms with Gasteiger partial charge in [0, 0.05) is 6.42 Å². The van der Waals surface area contributed by atoms with E-state index in [1.165, 1.54) is 5.57 Å². The van der Waals surface area contributed by atoms with Gasteiger partial charge in [0.2, 0.25) is 0 Å². The molecule has 0 N–H and O–H groups in total. The Morgan fingerprint density at radius 3 is 2.46 bits per heavy atom. The van der Waals surface area contributed by atoms with E-state index in [1.54, 1.807) is 13.0 Å². The minimum absolute atomic E-state index is 0.243. The summed E-state index contributed by atoms with van der Waals surface area (Å²) >= 11 is 0. The lowest BCUT2D eigenvalue weighted by atomic mass is 9.97. The molecule has 13 heavy (non-hydrogen) atoms. The van der Waals surface area contributed by atoms with Gasteiger partial charge in [-0.25, -0.2) is 0 Å². The molecule has 1 nitrogen and oxygen atoms in total. The first-order valence-electron chi connectivity index (χ1n) is 4.53. The highest BCUT2D eigenvalue weighted by molar-refractivity contribution is 5.76. The maximum Gasteiger partial charge on any atom is 0.130 e. The number of Topliss-reactive ketones (excluding diaryl/α,β-unsaturated/α-hetero) is 1. The lowest BCUT2D eigenvalue weighted by Gasteiger charge is -2.08. The molecule has 0 amide bonds. The van der Waals surface area contributed by atoms with Gasteiger partial charge in [-0.05, 0) is 19.8 Å². The van der Waals surface area contributed by atoms with Crippen LogP contribution in [0.1, 0.15) is 27.2 Å². The van der Waals surface area contributed by atoms with Crippen LogP contribution in [-0.4, -0.2) is 5.78 Å². The van der Waals surface area contributed by atoms with Crippen LogP contribution in [0.4, 0.5) is 0 Å². The number of hydrogen-bond donors (Lipinski definition) is 0. The van der Waals surface area contributed by atoms with Crippen molar-refractivity contribution in [2.45, 2.75) is 27.2 Å². The zero-order chi connectivity index (χ0) is 10.3. The number of allylic oxidation sites excluding steroid dienone is 5. The molecular weight excluding hydrogens is 160 g/mol. The molecular formula is C12H18O. The highest BCUT2D eigenvalue weighted by Gasteiger charge is 2.05. The monoisotopic (exact) mass is 178 g/mol. The van der Waals surface area contributed by atoms with Crippen molar-refractivity contribution in [3.8, 4) is 0 Å². The van der Waals surface area contributed by atoms with E-state index in [-0.39, 0.29) is 5.78 Å². The van der Waals surface area contributed by atoms with Crippen molar-refractivity contribution in [1.29, 1.82) is 0 Å². The predicted octanol–water partition coefficient (Wildman–Crippen LogP) is 3.29. The first kappa shape index (κ1) is 11.9. The molecule has 0 radical (unpaired) electrons. The van der Waals surface area contributed by atoms with Crippen molar-refractivity contribution in [3.63, 3.8) is 0 Å². The molecule has 0 rings (SSSR count). The third-order valence-electron chi connectivity index (χ3n) is 1.98. The Labute approximate surface area is 80.8 Å². The van der Waals surface area contributed by atoms with E-state index in [0.29, 0.717) is 12.3 Å². The average molecular weight is 178 g/mol. The third kappa shape index (κ3) is 6.09. The average Bonchev–Trinajstić information content (AvgIpc) is 2.03. The van der Waals surface area contributed by atoms with E-state index < -0.39 is 0 Å². The molecule has 0 saturated carbocycles. The Bertz CT molecular complexity index is 234. The Hall–Kier alpha value is -1.11. The van der Waals surface area contributed by atoms with E-state index in [1.807, 2.05) is 25.2 Å². The molecule has 1 heteroatoms. The second kappa shape index (κ2) is 6.41. The fraction of sp³-hybridized carbons (Fsp3) is 0.417. The van der Waals surface area contributed by atoms with E-state index >= 15 is 0 Å². The highest BCUT2D eigenvalue weighted by atomic mass is 16.1. The molecule has 0 saturated heterocycles. The fourth-order valence-corrected chi connectivity index (χ4v) is 1.04. The van der Waals surface area contributed by atoms with Crippen molar-refractivity contribution in [2.75, 3.05) is 0 Å². The molecule has 1 atom stereocenters. The summed E-state index contributed by atoms with van der Waals surface area (Å²) in [5.41, 5.74) is 1.23. The van der Waals surface area contributed by atoms with Crippen molar-refractivity contribution >= 4 is 5.78 Å². The number of ketones is 1. The summed E-state index contributed by atoms with van der Waals surface area (Å²) in [6.07, 6.45) is 8.21. The predicted molar refractivity (Wildman–Crippen MR) is 57.6 cm³/mol. The zero-order valence-corrected chi connectivity index (χ0v) is 8.71. The van der Waals surface area contributed by atoms with Crippen LogP contribution in [0.3, 0.4) is 0 Å². The van der Waals surface area contributed by atoms with Crippen LogP contribution >= 0.6 is 0 Å². The molecule has 0 aromatic rings. The van der Waals surface area contributed by atoms with Gasteiger partial charge in [-0.2, -0.15) is 0 Å². The van der Waals surface area contributed by atoms with Crippen LogP contribution < -0.4 is 0 Å². The van der Waals surface area contributed by atoms with Gasteiger partial charge in [0.05, 0.1) is 0 Å². The number of carbonyl (C=O) groups excluding carboxylic acids is 1. The number of rotatable bonds is 5. The number of hydrogen-bond acceptors (Lipinski definition) is 1. The van der Waals surface area contributed by atoms with Crippen LogP contribution in [0.25, 0.3) is 0 Å². The molecule has 0 aliphatic carbocycles. The van der Waals surface area contributed by atoms with E-state index in [9.17, 15) is 4.79 Å². The Kier molecular flexibility index (Phi) is 5.86. The zero-order valence-electron chi connectivity index (χ0n) is 8.71. The Morgan fingerprint density at radius 1 is 1.38 bits per heavy atom. The highest BCUT2D eigenvalue weighted by Crippen LogP contribution is 2.14. The van der Waals surface area contributed by atoms with Gasteiger partial charge in [0.1, 0.15) is 5.78 Å². The molecule has 0 aromatic heterocycles. The molecule has 0 aromatic carbocycles. The lowest BCUT2D eigenvalue weighted by molar-refractivity contribution is -0.117. The van der Waals surface area contributed by atoms with Crippen molar-refractivity contribution in [2.24, 2.45) is 5.92 Å². The molecule has 0 heterocycles. The fourth-order valence-electron chi connectivity index (χ4n) is 1.04. The summed E-state index contributed by atoms with van der Waals surface area (Å²) in [5, 5.41) is 0. The van der Waals surface area contributed by atoms with E-state index in [2.05, 4.69) is 13.5 Å². The van der Waals surface area contributed by atoms with E-state index in [0.717, 1.165) is 0 Å². The lowest BCUT2D eigenvalue weighted by Crippen LogP contribution is -2.02. The second-order valence-corrected chi connectivity index (χ2v) is 3.34. The van der Waals surface area contributed by atoms with Crippen LogP contribution in [0.15, 0.2) is 36.5 Å². The van der Waals surface area contributed by atoms with Crippen LogP contribution in [0.2, 0.25) is 0 Å². The summed E-state index contributed by atoms with van der Waals surface area (Å²) in [4.78, 5) is 10.8. The largest absolute Gasteiger partial charge is 0.300 e. The summed E-state index contributed by atoms with van der Waals surface area (Å²) in [5.74, 6) is 0.583. The second-order valence-electron chi connectivity index (χ2n) is 3.34. The quantitative estimate of drug-likeness (QED) is 0.590. The summed E-state index contributed by atoms with van der Waals surface area (Å²) in [6.45, 7) is 9.32. The van der Waals surface area contributed by atoms with Crippen molar-refractivity contribution in [1.82, 2.24) is 0 Å². The smallest absolute Gasteiger partial charge is 0.130 e. The molecule has 0 aliphatic heterocycles. The van der Waals surface area contributed by atoms with Gasteiger partial charge in [-0.3, -0.25) is 0 Å². The first-order valence-corrected chi connectivity index (χ1v) is 4.53. The minimum atomic E-state index is 0.243. The van der Waals surface area contributed by atoms with Crippen molar-refractivity contribution < 1.29 is 4.79 Å². The number of carbonyl (C=O) groups is 1. The maximum absolute atomic E-state index is 10.8. The van der Waals surface area contributed by atoms with E-state index in [4.69, 9.17) is 0 Å². The Balaban J connectivity index is 4.15. The summed E-state index contributed by atoms with van der Waals surface area (Å²) in [6, 6.07) is 0. The van der Waals surface area contributed by atoms with Crippen LogP contribution in [-0.2, 0) is 4.79 Å². The van der Waals surface area contributed by atoms with Gasteiger partial charge < -0.3 is 4.79 Å². The normalized spacial score (nSPS) is 14.5. The third-order valence-corrected chi connectivity index (χ3v) is 1.98. The van der Waals surface area contributed by atoms with Gasteiger partial charge in [-0.1, -0.05) is 43.4 Å². The molecule has 0 fully saturated rings. The van der Waals surface area contributed by atoms with Crippen molar-refractivity contribution in [3.05, 3.63) is 36.5 Å². The summed E-state index contributed by atoms with van der Waals surface area (Å²) in [7, 11) is 0. The van der Waals surface area contributed by atoms with Gasteiger partial charge >= 0.3 is 0 Å². The Morgan fingerprint density at radius 2 is 2.00 bits per heavy atom. The molecule has 0 bridgehead atoms. The molecule has 0 aliphatic rings. The minimum Gasteiger partial charge on any atom is -0.300 e. The van der Waals surface area contributed by atoms with Crippen LogP contribution in [0.5, 0.6) is 0 Å². The van der Waals surface area contributed by atoms with Gasteiger partial charge in [0.25, 0.3) is 0 Å². The van der Waals surface area contributed by atoms with Gasteiger partial charge in [0.15, 0.2) is 0 Å². The first-order chi connectivity index (χ1) is 6.07. The standard InChI is InChI=1S/C12H18O/c1-5-6-7-8-10(2)11(3)9-12(4)13/h5-8,11H,1,9H2,2-4H3/b7-6-,10-8+. The summed E-state index contributed by atoms with van der Waals surface area (Å²) < 4.78 is 0. The maximum atomic E-state index is 10.8. The van der Waals surface area contributed by atoms with Crippen LogP contribution in [0, 0.1) is 5.92 Å². The molecule has 72 valence electrons. The molecule has 0 spiro atoms. The topological polar surface area (TPSA) is 17.1 Å². The van der Waals surface area contributed by atoms with Gasteiger partial charge in [-0.15, -0.1) is 0 Å². The molecule has 1 unspecified atom stereocenters. The SMILES string of the molecule is C=C/C=C\C=C(/C)C(C)CC(C)=O.